The SMILES string of the molecule is CN1CCOCC1C(=O)N1CCN(C2(c3nc4ccccc4n3C)C=CC=CC2)CC1. The van der Waals surface area contributed by atoms with E-state index in [-0.39, 0.29) is 17.5 Å². The number of para-hydroxylation sites is 2. The number of aryl methyl sites for hydroxylation is 1. The molecule has 2 fully saturated rings. The van der Waals surface area contributed by atoms with Crippen LogP contribution in [0.4, 0.5) is 0 Å². The topological polar surface area (TPSA) is 53.8 Å². The lowest BCUT2D eigenvalue weighted by atomic mass is 9.87. The van der Waals surface area contributed by atoms with Gasteiger partial charge >= 0.3 is 0 Å². The van der Waals surface area contributed by atoms with Crippen molar-refractivity contribution >= 4 is 16.9 Å². The molecule has 2 aromatic rings. The lowest BCUT2D eigenvalue weighted by Gasteiger charge is -2.47. The Morgan fingerprint density at radius 3 is 2.61 bits per heavy atom. The average Bonchev–Trinajstić information content (AvgIpc) is 3.17. The van der Waals surface area contributed by atoms with Gasteiger partial charge in [0.05, 0.1) is 24.2 Å². The number of piperazine rings is 1. The Balaban J connectivity index is 1.39. The van der Waals surface area contributed by atoms with E-state index in [1.807, 2.05) is 18.0 Å². The highest BCUT2D eigenvalue weighted by atomic mass is 16.5. The van der Waals surface area contributed by atoms with Crippen LogP contribution in [0.2, 0.25) is 0 Å². The predicted molar refractivity (Wildman–Crippen MR) is 121 cm³/mol. The number of allylic oxidation sites excluding steroid dienone is 2. The van der Waals surface area contributed by atoms with Gasteiger partial charge in [-0.1, -0.05) is 36.4 Å². The Kier molecular flexibility index (Phi) is 5.42. The Morgan fingerprint density at radius 1 is 1.10 bits per heavy atom. The van der Waals surface area contributed by atoms with E-state index < -0.39 is 0 Å². The van der Waals surface area contributed by atoms with Gasteiger partial charge in [0.1, 0.15) is 17.4 Å². The van der Waals surface area contributed by atoms with Gasteiger partial charge in [-0.15, -0.1) is 0 Å². The number of carbonyl (C=O) groups is 1. The number of rotatable bonds is 3. The molecule has 0 spiro atoms. The van der Waals surface area contributed by atoms with Crippen molar-refractivity contribution in [3.8, 4) is 0 Å². The number of carbonyl (C=O) groups excluding carboxylic acids is 1. The van der Waals surface area contributed by atoms with E-state index in [0.29, 0.717) is 13.2 Å². The molecule has 2 unspecified atom stereocenters. The summed E-state index contributed by atoms with van der Waals surface area (Å²) >= 11 is 0. The maximum absolute atomic E-state index is 13.1. The van der Waals surface area contributed by atoms with Crippen LogP contribution in [0.3, 0.4) is 0 Å². The van der Waals surface area contributed by atoms with Gasteiger partial charge in [0.2, 0.25) is 5.91 Å². The zero-order chi connectivity index (χ0) is 21.4. The number of nitrogens with zero attached hydrogens (tertiary/aromatic N) is 5. The summed E-state index contributed by atoms with van der Waals surface area (Å²) in [6.45, 7) is 5.11. The van der Waals surface area contributed by atoms with Crippen molar-refractivity contribution < 1.29 is 9.53 Å². The van der Waals surface area contributed by atoms with E-state index >= 15 is 0 Å². The van der Waals surface area contributed by atoms with E-state index in [2.05, 4.69) is 63.9 Å². The fraction of sp³-hybridized carbons (Fsp3) is 0.500. The first-order valence-electron chi connectivity index (χ1n) is 11.2. The van der Waals surface area contributed by atoms with Crippen LogP contribution >= 0.6 is 0 Å². The highest BCUT2D eigenvalue weighted by molar-refractivity contribution is 5.82. The van der Waals surface area contributed by atoms with Gasteiger partial charge in [-0.25, -0.2) is 4.98 Å². The van der Waals surface area contributed by atoms with E-state index in [0.717, 1.165) is 56.0 Å². The summed E-state index contributed by atoms with van der Waals surface area (Å²) in [5, 5.41) is 0. The molecule has 0 bridgehead atoms. The number of amides is 1. The normalized spacial score (nSPS) is 27.8. The van der Waals surface area contributed by atoms with E-state index in [1.54, 1.807) is 0 Å². The Bertz CT molecular complexity index is 1020. The zero-order valence-corrected chi connectivity index (χ0v) is 18.4. The Morgan fingerprint density at radius 2 is 1.90 bits per heavy atom. The molecule has 3 heterocycles. The number of hydrogen-bond acceptors (Lipinski definition) is 5. The van der Waals surface area contributed by atoms with Crippen molar-refractivity contribution in [2.45, 2.75) is 18.0 Å². The summed E-state index contributed by atoms with van der Waals surface area (Å²) in [5.74, 6) is 1.26. The van der Waals surface area contributed by atoms with Crippen molar-refractivity contribution in [1.29, 1.82) is 0 Å². The number of aromatic nitrogens is 2. The Labute approximate surface area is 183 Å². The number of imidazole rings is 1. The molecule has 1 aromatic heterocycles. The molecule has 31 heavy (non-hydrogen) atoms. The van der Waals surface area contributed by atoms with Gasteiger partial charge in [-0.2, -0.15) is 0 Å². The molecule has 0 saturated carbocycles. The monoisotopic (exact) mass is 421 g/mol. The van der Waals surface area contributed by atoms with E-state index in [9.17, 15) is 4.79 Å². The van der Waals surface area contributed by atoms with Gasteiger partial charge in [0.15, 0.2) is 0 Å². The first-order chi connectivity index (χ1) is 15.1. The standard InChI is InChI=1S/C24H31N5O2/c1-26-16-17-31-18-21(26)22(30)28-12-14-29(15-13-28)24(10-6-3-7-11-24)23-25-19-8-4-5-9-20(19)27(23)2/h3-10,21H,11-18H2,1-2H3. The van der Waals surface area contributed by atoms with Crippen molar-refractivity contribution in [2.24, 2.45) is 7.05 Å². The van der Waals surface area contributed by atoms with Crippen LogP contribution in [-0.2, 0) is 22.1 Å². The Hall–Kier alpha value is -2.48. The summed E-state index contributed by atoms with van der Waals surface area (Å²) in [6.07, 6.45) is 9.64. The minimum atomic E-state index is -0.289. The third-order valence-corrected chi connectivity index (χ3v) is 7.06. The third-order valence-electron chi connectivity index (χ3n) is 7.06. The lowest BCUT2D eigenvalue weighted by Crippen LogP contribution is -2.60. The number of benzene rings is 1. The van der Waals surface area contributed by atoms with Crippen molar-refractivity contribution in [3.63, 3.8) is 0 Å². The molecule has 1 aliphatic carbocycles. The second kappa shape index (κ2) is 8.22. The van der Waals surface area contributed by atoms with Crippen molar-refractivity contribution in [2.75, 3.05) is 53.0 Å². The molecule has 2 saturated heterocycles. The zero-order valence-electron chi connectivity index (χ0n) is 18.4. The predicted octanol–water partition coefficient (Wildman–Crippen LogP) is 1.76. The van der Waals surface area contributed by atoms with Crippen LogP contribution in [0.5, 0.6) is 0 Å². The number of hydrogen-bond donors (Lipinski definition) is 0. The molecule has 0 N–H and O–H groups in total. The van der Waals surface area contributed by atoms with Gasteiger partial charge in [0.25, 0.3) is 0 Å². The summed E-state index contributed by atoms with van der Waals surface area (Å²) < 4.78 is 7.80. The maximum Gasteiger partial charge on any atom is 0.242 e. The summed E-state index contributed by atoms with van der Waals surface area (Å²) in [6, 6.07) is 8.15. The maximum atomic E-state index is 13.1. The van der Waals surface area contributed by atoms with Crippen LogP contribution in [0.1, 0.15) is 12.2 Å². The molecule has 1 amide bonds. The molecule has 5 rings (SSSR count). The second-order valence-corrected chi connectivity index (χ2v) is 8.78. The number of likely N-dealkylation sites (N-methyl/N-ethyl adjacent to an activating group) is 1. The number of morpholine rings is 1. The molecular formula is C24H31N5O2. The first-order valence-corrected chi connectivity index (χ1v) is 11.2. The molecule has 0 radical (unpaired) electrons. The molecule has 3 aliphatic rings. The van der Waals surface area contributed by atoms with Crippen LogP contribution in [0.15, 0.2) is 48.6 Å². The van der Waals surface area contributed by atoms with E-state index in [1.165, 1.54) is 0 Å². The van der Waals surface area contributed by atoms with Gasteiger partial charge in [0, 0.05) is 39.8 Å². The number of ether oxygens (including phenoxy) is 1. The van der Waals surface area contributed by atoms with Crippen LogP contribution < -0.4 is 0 Å². The summed E-state index contributed by atoms with van der Waals surface area (Å²) in [5.41, 5.74) is 1.88. The van der Waals surface area contributed by atoms with Crippen molar-refractivity contribution in [3.05, 3.63) is 54.4 Å². The van der Waals surface area contributed by atoms with E-state index in [4.69, 9.17) is 9.72 Å². The summed E-state index contributed by atoms with van der Waals surface area (Å²) in [7, 11) is 4.12. The van der Waals surface area contributed by atoms with Crippen LogP contribution in [0.25, 0.3) is 11.0 Å². The molecule has 164 valence electrons. The molecule has 2 atom stereocenters. The quantitative estimate of drug-likeness (QED) is 0.756. The fourth-order valence-corrected chi connectivity index (χ4v) is 5.17. The number of fused-ring (bicyclic) bond motifs is 1. The van der Waals surface area contributed by atoms with Crippen LogP contribution in [-0.4, -0.2) is 89.2 Å². The lowest BCUT2D eigenvalue weighted by molar-refractivity contribution is -0.144. The molecule has 7 nitrogen and oxygen atoms in total. The second-order valence-electron chi connectivity index (χ2n) is 8.78. The fourth-order valence-electron chi connectivity index (χ4n) is 5.17. The highest BCUT2D eigenvalue weighted by Crippen LogP contribution is 2.37. The largest absolute Gasteiger partial charge is 0.378 e. The average molecular weight is 422 g/mol. The minimum absolute atomic E-state index is 0.161. The molecule has 7 heteroatoms. The minimum Gasteiger partial charge on any atom is -0.378 e. The molecule has 2 aliphatic heterocycles. The first kappa shape index (κ1) is 20.4. The third kappa shape index (κ3) is 3.50. The van der Waals surface area contributed by atoms with Crippen molar-refractivity contribution in [1.82, 2.24) is 24.3 Å². The van der Waals surface area contributed by atoms with Crippen LogP contribution in [0, 0.1) is 0 Å². The highest BCUT2D eigenvalue weighted by Gasteiger charge is 2.42. The van der Waals surface area contributed by atoms with Gasteiger partial charge in [-0.05, 0) is 25.6 Å². The van der Waals surface area contributed by atoms with Gasteiger partial charge in [-0.3, -0.25) is 14.6 Å². The summed E-state index contributed by atoms with van der Waals surface area (Å²) in [4.78, 5) is 24.8. The molecule has 1 aromatic carbocycles. The van der Waals surface area contributed by atoms with Gasteiger partial charge < -0.3 is 14.2 Å². The smallest absolute Gasteiger partial charge is 0.242 e. The molecular weight excluding hydrogens is 390 g/mol.